The second-order valence-electron chi connectivity index (χ2n) is 4.46. The Balaban J connectivity index is 2.01. The summed E-state index contributed by atoms with van der Waals surface area (Å²) >= 11 is 0. The highest BCUT2D eigenvalue weighted by Crippen LogP contribution is 2.21. The zero-order valence-corrected chi connectivity index (χ0v) is 9.45. The summed E-state index contributed by atoms with van der Waals surface area (Å²) in [6.07, 6.45) is 5.04. The maximum absolute atomic E-state index is 12.8. The van der Waals surface area contributed by atoms with Gasteiger partial charge in [0.05, 0.1) is 0 Å². The molecule has 1 aliphatic rings. The molecule has 1 saturated heterocycles. The lowest BCUT2D eigenvalue weighted by Gasteiger charge is -2.20. The summed E-state index contributed by atoms with van der Waals surface area (Å²) in [6.45, 7) is 2.89. The Kier molecular flexibility index (Phi) is 3.78. The van der Waals surface area contributed by atoms with E-state index < -0.39 is 0 Å². The van der Waals surface area contributed by atoms with E-state index in [1.807, 2.05) is 0 Å². The van der Waals surface area contributed by atoms with E-state index in [4.69, 9.17) is 0 Å². The zero-order chi connectivity index (χ0) is 11.4. The fourth-order valence-electron chi connectivity index (χ4n) is 2.21. The number of phenols is 1. The van der Waals surface area contributed by atoms with Crippen LogP contribution in [0.1, 0.15) is 31.2 Å². The highest BCUT2D eigenvalue weighted by molar-refractivity contribution is 5.32. The van der Waals surface area contributed by atoms with E-state index in [9.17, 15) is 9.50 Å². The third-order valence-corrected chi connectivity index (χ3v) is 3.14. The SMILES string of the molecule is Oc1cc(F)ccc1CN1CCCCCC1. The molecule has 0 saturated carbocycles. The Morgan fingerprint density at radius 3 is 2.44 bits per heavy atom. The first-order valence-corrected chi connectivity index (χ1v) is 5.95. The van der Waals surface area contributed by atoms with Gasteiger partial charge in [0.1, 0.15) is 11.6 Å². The first kappa shape index (κ1) is 11.4. The largest absolute Gasteiger partial charge is 0.508 e. The monoisotopic (exact) mass is 223 g/mol. The Hall–Kier alpha value is -1.09. The van der Waals surface area contributed by atoms with Crippen LogP contribution in [0.25, 0.3) is 0 Å². The van der Waals surface area contributed by atoms with Gasteiger partial charge >= 0.3 is 0 Å². The smallest absolute Gasteiger partial charge is 0.126 e. The minimum atomic E-state index is -0.378. The van der Waals surface area contributed by atoms with Gasteiger partial charge in [-0.25, -0.2) is 4.39 Å². The minimum Gasteiger partial charge on any atom is -0.508 e. The predicted molar refractivity (Wildman–Crippen MR) is 61.8 cm³/mol. The van der Waals surface area contributed by atoms with Gasteiger partial charge in [0.2, 0.25) is 0 Å². The van der Waals surface area contributed by atoms with E-state index in [0.717, 1.165) is 25.2 Å². The molecule has 1 fully saturated rings. The molecule has 2 nitrogen and oxygen atoms in total. The number of nitrogens with zero attached hydrogens (tertiary/aromatic N) is 1. The summed E-state index contributed by atoms with van der Waals surface area (Å²) in [4.78, 5) is 2.33. The number of halogens is 1. The van der Waals surface area contributed by atoms with Crippen LogP contribution in [-0.2, 0) is 6.54 Å². The molecule has 1 aromatic rings. The molecule has 1 aromatic carbocycles. The molecule has 88 valence electrons. The van der Waals surface area contributed by atoms with E-state index in [1.165, 1.54) is 37.8 Å². The molecule has 0 unspecified atom stereocenters. The molecule has 0 aliphatic carbocycles. The summed E-state index contributed by atoms with van der Waals surface area (Å²) in [7, 11) is 0. The second-order valence-corrected chi connectivity index (χ2v) is 4.46. The van der Waals surface area contributed by atoms with Crippen molar-refractivity contribution in [3.63, 3.8) is 0 Å². The van der Waals surface area contributed by atoms with Gasteiger partial charge in [-0.05, 0) is 32.0 Å². The highest BCUT2D eigenvalue weighted by Gasteiger charge is 2.11. The van der Waals surface area contributed by atoms with Crippen LogP contribution in [0.4, 0.5) is 4.39 Å². The maximum atomic E-state index is 12.8. The van der Waals surface area contributed by atoms with Crippen molar-refractivity contribution in [3.8, 4) is 5.75 Å². The molecule has 2 rings (SSSR count). The second kappa shape index (κ2) is 5.30. The average Bonchev–Trinajstić information content (AvgIpc) is 2.51. The van der Waals surface area contributed by atoms with Crippen LogP contribution in [0, 0.1) is 5.82 Å². The third-order valence-electron chi connectivity index (χ3n) is 3.14. The van der Waals surface area contributed by atoms with Crippen molar-refractivity contribution >= 4 is 0 Å². The molecule has 0 radical (unpaired) electrons. The molecular formula is C13H18FNO. The zero-order valence-electron chi connectivity index (χ0n) is 9.45. The van der Waals surface area contributed by atoms with Crippen LogP contribution >= 0.6 is 0 Å². The predicted octanol–water partition coefficient (Wildman–Crippen LogP) is 2.91. The van der Waals surface area contributed by atoms with E-state index in [0.29, 0.717) is 0 Å². The van der Waals surface area contributed by atoms with Crippen molar-refractivity contribution in [2.45, 2.75) is 32.2 Å². The molecule has 0 amide bonds. The quantitative estimate of drug-likeness (QED) is 0.833. The molecule has 0 bridgehead atoms. The molecule has 0 spiro atoms. The lowest BCUT2D eigenvalue weighted by atomic mass is 10.2. The molecule has 0 aromatic heterocycles. The van der Waals surface area contributed by atoms with Crippen LogP contribution < -0.4 is 0 Å². The summed E-state index contributed by atoms with van der Waals surface area (Å²) in [5.41, 5.74) is 0.823. The highest BCUT2D eigenvalue weighted by atomic mass is 19.1. The Bertz CT molecular complexity index is 346. The van der Waals surface area contributed by atoms with Gasteiger partial charge in [-0.15, -0.1) is 0 Å². The number of rotatable bonds is 2. The van der Waals surface area contributed by atoms with Gasteiger partial charge in [-0.1, -0.05) is 18.9 Å². The molecule has 16 heavy (non-hydrogen) atoms. The fraction of sp³-hybridized carbons (Fsp3) is 0.538. The van der Waals surface area contributed by atoms with Crippen molar-refractivity contribution in [2.24, 2.45) is 0 Å². The molecule has 0 atom stereocenters. The van der Waals surface area contributed by atoms with Gasteiger partial charge in [-0.3, -0.25) is 4.90 Å². The number of hydrogen-bond acceptors (Lipinski definition) is 2. The van der Waals surface area contributed by atoms with Gasteiger partial charge in [-0.2, -0.15) is 0 Å². The standard InChI is InChI=1S/C13H18FNO/c14-12-6-5-11(13(16)9-12)10-15-7-3-1-2-4-8-15/h5-6,9,16H,1-4,7-8,10H2. The number of likely N-dealkylation sites (tertiary alicyclic amines) is 1. The first-order valence-electron chi connectivity index (χ1n) is 5.95. The topological polar surface area (TPSA) is 23.5 Å². The lowest BCUT2D eigenvalue weighted by molar-refractivity contribution is 0.272. The van der Waals surface area contributed by atoms with Crippen LogP contribution in [0.15, 0.2) is 18.2 Å². The van der Waals surface area contributed by atoms with E-state index in [2.05, 4.69) is 4.90 Å². The molecular weight excluding hydrogens is 205 g/mol. The Morgan fingerprint density at radius 2 is 1.81 bits per heavy atom. The van der Waals surface area contributed by atoms with Crippen molar-refractivity contribution in [1.82, 2.24) is 4.90 Å². The summed E-state index contributed by atoms with van der Waals surface area (Å²) < 4.78 is 12.8. The van der Waals surface area contributed by atoms with Crippen LogP contribution in [-0.4, -0.2) is 23.1 Å². The third kappa shape index (κ3) is 2.95. The number of benzene rings is 1. The fourth-order valence-corrected chi connectivity index (χ4v) is 2.21. The van der Waals surface area contributed by atoms with Crippen molar-refractivity contribution in [1.29, 1.82) is 0 Å². The summed E-state index contributed by atoms with van der Waals surface area (Å²) in [5, 5.41) is 9.63. The van der Waals surface area contributed by atoms with Gasteiger partial charge in [0.15, 0.2) is 0 Å². The van der Waals surface area contributed by atoms with E-state index >= 15 is 0 Å². The van der Waals surface area contributed by atoms with Crippen molar-refractivity contribution in [2.75, 3.05) is 13.1 Å². The molecule has 3 heteroatoms. The van der Waals surface area contributed by atoms with Crippen LogP contribution in [0.3, 0.4) is 0 Å². The number of aromatic hydroxyl groups is 1. The summed E-state index contributed by atoms with van der Waals surface area (Å²) in [6, 6.07) is 4.27. The first-order chi connectivity index (χ1) is 7.75. The number of phenolic OH excluding ortho intramolecular Hbond substituents is 1. The Labute approximate surface area is 95.7 Å². The van der Waals surface area contributed by atoms with E-state index in [-0.39, 0.29) is 11.6 Å². The molecule has 1 N–H and O–H groups in total. The van der Waals surface area contributed by atoms with Gasteiger partial charge in [0.25, 0.3) is 0 Å². The minimum absolute atomic E-state index is 0.0734. The molecule has 1 aliphatic heterocycles. The van der Waals surface area contributed by atoms with Crippen LogP contribution in [0.2, 0.25) is 0 Å². The van der Waals surface area contributed by atoms with Crippen LogP contribution in [0.5, 0.6) is 5.75 Å². The van der Waals surface area contributed by atoms with E-state index in [1.54, 1.807) is 6.07 Å². The van der Waals surface area contributed by atoms with Gasteiger partial charge in [0, 0.05) is 18.2 Å². The van der Waals surface area contributed by atoms with Crippen molar-refractivity contribution < 1.29 is 9.50 Å². The molecule has 1 heterocycles. The number of hydrogen-bond donors (Lipinski definition) is 1. The normalized spacial score (nSPS) is 18.3. The Morgan fingerprint density at radius 1 is 1.12 bits per heavy atom. The lowest BCUT2D eigenvalue weighted by Crippen LogP contribution is -2.23. The summed E-state index contributed by atoms with van der Waals surface area (Å²) in [5.74, 6) is -0.304. The van der Waals surface area contributed by atoms with Crippen molar-refractivity contribution in [3.05, 3.63) is 29.6 Å². The average molecular weight is 223 g/mol. The maximum Gasteiger partial charge on any atom is 0.126 e. The van der Waals surface area contributed by atoms with Gasteiger partial charge < -0.3 is 5.11 Å².